The van der Waals surface area contributed by atoms with Crippen LogP contribution >= 0.6 is 0 Å². The highest BCUT2D eigenvalue weighted by molar-refractivity contribution is 7.92. The molecule has 0 aliphatic rings. The Labute approximate surface area is 163 Å². The minimum atomic E-state index is -4.04. The van der Waals surface area contributed by atoms with Gasteiger partial charge in [0, 0.05) is 7.05 Å². The van der Waals surface area contributed by atoms with Gasteiger partial charge in [0.05, 0.1) is 27.9 Å². The third kappa shape index (κ3) is 3.44. The van der Waals surface area contributed by atoms with E-state index in [1.165, 1.54) is 28.9 Å². The fourth-order valence-corrected chi connectivity index (χ4v) is 4.28. The molecular weight excluding hydrogens is 376 g/mol. The number of nitrogens with one attached hydrogen (secondary N) is 1. The van der Waals surface area contributed by atoms with Crippen LogP contribution in [0.15, 0.2) is 64.3 Å². The zero-order valence-electron chi connectivity index (χ0n) is 15.7. The van der Waals surface area contributed by atoms with Gasteiger partial charge in [0.1, 0.15) is 5.69 Å². The van der Waals surface area contributed by atoms with Gasteiger partial charge in [-0.2, -0.15) is 5.26 Å². The van der Waals surface area contributed by atoms with Crippen molar-refractivity contribution in [2.24, 2.45) is 7.05 Å². The molecule has 8 heteroatoms. The summed E-state index contributed by atoms with van der Waals surface area (Å²) in [4.78, 5) is 13.0. The van der Waals surface area contributed by atoms with E-state index in [9.17, 15) is 13.2 Å². The topological polar surface area (TPSA) is 96.9 Å². The first kappa shape index (κ1) is 19.5. The highest BCUT2D eigenvalue weighted by atomic mass is 32.2. The Bertz CT molecular complexity index is 1220. The molecule has 0 amide bonds. The van der Waals surface area contributed by atoms with Crippen LogP contribution < -0.4 is 10.3 Å². The van der Waals surface area contributed by atoms with Crippen LogP contribution in [0.1, 0.15) is 31.0 Å². The molecule has 2 aromatic carbocycles. The standard InChI is InChI=1S/C20H20N4O3S/c1-14(2)19-18(20(25)24(23(19)3)16-9-5-4-6-10-16)22-28(26,27)17-11-7-8-15(12-17)13-21/h4-12,14,22H,1-3H3. The maximum Gasteiger partial charge on any atom is 0.296 e. The molecule has 7 nitrogen and oxygen atoms in total. The highest BCUT2D eigenvalue weighted by Gasteiger charge is 2.26. The van der Waals surface area contributed by atoms with E-state index in [1.807, 2.05) is 26.0 Å². The molecule has 0 bridgehead atoms. The summed E-state index contributed by atoms with van der Waals surface area (Å²) in [5, 5.41) is 9.02. The Kier molecular flexibility index (Phi) is 5.12. The summed E-state index contributed by atoms with van der Waals surface area (Å²) in [6.07, 6.45) is 0. The van der Waals surface area contributed by atoms with Crippen LogP contribution in [-0.2, 0) is 17.1 Å². The zero-order valence-corrected chi connectivity index (χ0v) is 16.6. The van der Waals surface area contributed by atoms with Crippen molar-refractivity contribution in [2.45, 2.75) is 24.7 Å². The van der Waals surface area contributed by atoms with Crippen LogP contribution in [0.5, 0.6) is 0 Å². The number of sulfonamides is 1. The van der Waals surface area contributed by atoms with Crippen LogP contribution in [-0.4, -0.2) is 17.8 Å². The smallest absolute Gasteiger partial charge is 0.283 e. The summed E-state index contributed by atoms with van der Waals surface area (Å²) in [5.74, 6) is -0.106. The van der Waals surface area contributed by atoms with Crippen LogP contribution in [0.2, 0.25) is 0 Å². The number of rotatable bonds is 5. The molecule has 0 saturated heterocycles. The van der Waals surface area contributed by atoms with Gasteiger partial charge in [-0.15, -0.1) is 0 Å². The molecule has 0 fully saturated rings. The predicted molar refractivity (Wildman–Crippen MR) is 107 cm³/mol. The second-order valence-electron chi connectivity index (χ2n) is 6.64. The number of para-hydroxylation sites is 1. The van der Waals surface area contributed by atoms with Crippen LogP contribution in [0, 0.1) is 11.3 Å². The molecule has 0 aliphatic carbocycles. The third-order valence-electron chi connectivity index (χ3n) is 4.37. The van der Waals surface area contributed by atoms with Gasteiger partial charge >= 0.3 is 0 Å². The van der Waals surface area contributed by atoms with Crippen molar-refractivity contribution in [2.75, 3.05) is 4.72 Å². The van der Waals surface area contributed by atoms with Crippen LogP contribution in [0.3, 0.4) is 0 Å². The van der Waals surface area contributed by atoms with Gasteiger partial charge in [0.2, 0.25) is 0 Å². The third-order valence-corrected chi connectivity index (χ3v) is 5.72. The van der Waals surface area contributed by atoms with Crippen molar-refractivity contribution in [3.63, 3.8) is 0 Å². The SMILES string of the molecule is CC(C)c1c(NS(=O)(=O)c2cccc(C#N)c2)c(=O)n(-c2ccccc2)n1C. The highest BCUT2D eigenvalue weighted by Crippen LogP contribution is 2.25. The lowest BCUT2D eigenvalue weighted by atomic mass is 10.1. The Hall–Kier alpha value is -3.31. The van der Waals surface area contributed by atoms with Crippen molar-refractivity contribution in [3.8, 4) is 11.8 Å². The zero-order chi connectivity index (χ0) is 20.5. The van der Waals surface area contributed by atoms with Gasteiger partial charge < -0.3 is 0 Å². The quantitative estimate of drug-likeness (QED) is 0.717. The number of aromatic nitrogens is 2. The van der Waals surface area contributed by atoms with E-state index in [2.05, 4.69) is 4.72 Å². The summed E-state index contributed by atoms with van der Waals surface area (Å²) < 4.78 is 31.3. The average molecular weight is 396 g/mol. The largest absolute Gasteiger partial charge is 0.296 e. The fraction of sp³-hybridized carbons (Fsp3) is 0.200. The molecular formula is C20H20N4O3S. The first-order chi connectivity index (χ1) is 13.3. The predicted octanol–water partition coefficient (Wildman–Crippen LogP) is 2.97. The van der Waals surface area contributed by atoms with E-state index in [1.54, 1.807) is 36.0 Å². The van der Waals surface area contributed by atoms with Crippen LogP contribution in [0.25, 0.3) is 5.69 Å². The molecule has 1 heterocycles. The number of anilines is 1. The minimum Gasteiger partial charge on any atom is -0.283 e. The Balaban J connectivity index is 2.17. The maximum atomic E-state index is 13.1. The number of hydrogen-bond donors (Lipinski definition) is 1. The lowest BCUT2D eigenvalue weighted by Gasteiger charge is -2.13. The average Bonchev–Trinajstić information content (AvgIpc) is 2.92. The molecule has 28 heavy (non-hydrogen) atoms. The Morgan fingerprint density at radius 1 is 1.07 bits per heavy atom. The van der Waals surface area contributed by atoms with Gasteiger partial charge in [-0.05, 0) is 36.2 Å². The number of hydrogen-bond acceptors (Lipinski definition) is 4. The van der Waals surface area contributed by atoms with Crippen molar-refractivity contribution < 1.29 is 8.42 Å². The minimum absolute atomic E-state index is 0.00344. The van der Waals surface area contributed by atoms with Gasteiger partial charge in [-0.3, -0.25) is 14.2 Å². The molecule has 0 radical (unpaired) electrons. The van der Waals surface area contributed by atoms with Gasteiger partial charge in [0.25, 0.3) is 15.6 Å². The molecule has 1 aromatic heterocycles. The van der Waals surface area contributed by atoms with Crippen molar-refractivity contribution >= 4 is 15.7 Å². The van der Waals surface area contributed by atoms with Crippen molar-refractivity contribution in [1.82, 2.24) is 9.36 Å². The van der Waals surface area contributed by atoms with E-state index < -0.39 is 15.6 Å². The second kappa shape index (κ2) is 7.37. The van der Waals surface area contributed by atoms with Gasteiger partial charge in [-0.25, -0.2) is 13.1 Å². The Morgan fingerprint density at radius 2 is 1.75 bits per heavy atom. The molecule has 1 N–H and O–H groups in total. The van der Waals surface area contributed by atoms with Gasteiger partial charge in [0.15, 0.2) is 0 Å². The fourth-order valence-electron chi connectivity index (χ4n) is 3.17. The molecule has 0 unspecified atom stereocenters. The normalized spacial score (nSPS) is 11.4. The summed E-state index contributed by atoms with van der Waals surface area (Å²) in [5.41, 5.74) is 0.963. The lowest BCUT2D eigenvalue weighted by molar-refractivity contribution is 0.594. The number of benzene rings is 2. The van der Waals surface area contributed by atoms with E-state index >= 15 is 0 Å². The molecule has 3 rings (SSSR count). The van der Waals surface area contributed by atoms with Crippen molar-refractivity contribution in [3.05, 3.63) is 76.2 Å². The van der Waals surface area contributed by atoms with Gasteiger partial charge in [-0.1, -0.05) is 38.1 Å². The summed E-state index contributed by atoms with van der Waals surface area (Å²) in [6.45, 7) is 3.77. The van der Waals surface area contributed by atoms with E-state index in [-0.39, 0.29) is 22.1 Å². The second-order valence-corrected chi connectivity index (χ2v) is 8.32. The molecule has 0 atom stereocenters. The molecule has 3 aromatic rings. The number of nitrogens with zero attached hydrogens (tertiary/aromatic N) is 3. The Morgan fingerprint density at radius 3 is 2.36 bits per heavy atom. The van der Waals surface area contributed by atoms with E-state index in [0.29, 0.717) is 11.4 Å². The maximum absolute atomic E-state index is 13.1. The molecule has 144 valence electrons. The monoisotopic (exact) mass is 396 g/mol. The van der Waals surface area contributed by atoms with E-state index in [0.717, 1.165) is 0 Å². The van der Waals surface area contributed by atoms with Crippen LogP contribution in [0.4, 0.5) is 5.69 Å². The molecule has 0 aliphatic heterocycles. The summed E-state index contributed by atoms with van der Waals surface area (Å²) in [7, 11) is -2.32. The first-order valence-electron chi connectivity index (χ1n) is 8.66. The van der Waals surface area contributed by atoms with E-state index in [4.69, 9.17) is 5.26 Å². The van der Waals surface area contributed by atoms with Crippen molar-refractivity contribution in [1.29, 1.82) is 5.26 Å². The number of nitriles is 1. The summed E-state index contributed by atoms with van der Waals surface area (Å²) in [6, 6.07) is 16.6. The summed E-state index contributed by atoms with van der Waals surface area (Å²) >= 11 is 0. The molecule has 0 saturated carbocycles. The lowest BCUT2D eigenvalue weighted by Crippen LogP contribution is -2.23. The first-order valence-corrected chi connectivity index (χ1v) is 10.1. The molecule has 0 spiro atoms.